The number of rotatable bonds is 5. The van der Waals surface area contributed by atoms with Gasteiger partial charge in [0.15, 0.2) is 0 Å². The van der Waals surface area contributed by atoms with Crippen LogP contribution in [0.3, 0.4) is 0 Å². The summed E-state index contributed by atoms with van der Waals surface area (Å²) in [6.45, 7) is 8.06. The van der Waals surface area contributed by atoms with Crippen LogP contribution in [0, 0.1) is 0 Å². The zero-order chi connectivity index (χ0) is 13.8. The van der Waals surface area contributed by atoms with Crippen LogP contribution in [0.4, 0.5) is 0 Å². The van der Waals surface area contributed by atoms with Gasteiger partial charge in [0.1, 0.15) is 11.4 Å². The van der Waals surface area contributed by atoms with Gasteiger partial charge in [-0.3, -0.25) is 4.79 Å². The van der Waals surface area contributed by atoms with Crippen molar-refractivity contribution in [1.29, 1.82) is 0 Å². The molecule has 0 aliphatic heterocycles. The molecule has 1 aromatic carbocycles. The van der Waals surface area contributed by atoms with Gasteiger partial charge in [-0.25, -0.2) is 0 Å². The van der Waals surface area contributed by atoms with E-state index in [-0.39, 0.29) is 17.4 Å². The number of benzene rings is 1. The minimum Gasteiger partial charge on any atom is -0.488 e. The van der Waals surface area contributed by atoms with Crippen molar-refractivity contribution in [2.45, 2.75) is 52.1 Å². The zero-order valence-electron chi connectivity index (χ0n) is 11.7. The van der Waals surface area contributed by atoms with Gasteiger partial charge in [-0.1, -0.05) is 25.5 Å². The van der Waals surface area contributed by atoms with E-state index in [0.29, 0.717) is 0 Å². The zero-order valence-corrected chi connectivity index (χ0v) is 11.7. The summed E-state index contributed by atoms with van der Waals surface area (Å²) < 4.78 is 5.74. The smallest absolute Gasteiger partial charge is 0.224 e. The summed E-state index contributed by atoms with van der Waals surface area (Å²) >= 11 is 0. The summed E-state index contributed by atoms with van der Waals surface area (Å²) in [4.78, 5) is 11.4. The number of hydrogen-bond acceptors (Lipinski definition) is 2. The van der Waals surface area contributed by atoms with Crippen molar-refractivity contribution in [3.8, 4) is 5.75 Å². The third-order valence-electron chi connectivity index (χ3n) is 2.63. The number of amides is 1. The van der Waals surface area contributed by atoms with Gasteiger partial charge in [-0.15, -0.1) is 0 Å². The molecule has 0 saturated carbocycles. The topological polar surface area (TPSA) is 52.3 Å². The van der Waals surface area contributed by atoms with Gasteiger partial charge in [0.2, 0.25) is 5.91 Å². The van der Waals surface area contributed by atoms with E-state index in [9.17, 15) is 4.79 Å². The number of carbonyl (C=O) groups is 1. The molecule has 1 aromatic rings. The average molecular weight is 249 g/mol. The third-order valence-corrected chi connectivity index (χ3v) is 2.63. The molecule has 2 N–H and O–H groups in total. The second kappa shape index (κ2) is 5.89. The summed E-state index contributed by atoms with van der Waals surface area (Å²) in [5, 5.41) is 0. The molecule has 0 radical (unpaired) electrons. The molecule has 1 unspecified atom stereocenters. The minimum atomic E-state index is -0.263. The number of carbonyl (C=O) groups excluding carboxylic acids is 1. The van der Waals surface area contributed by atoms with Crippen LogP contribution in [0.25, 0.3) is 0 Å². The Morgan fingerprint density at radius 1 is 1.28 bits per heavy atom. The Morgan fingerprint density at radius 2 is 1.83 bits per heavy atom. The lowest BCUT2D eigenvalue weighted by Crippen LogP contribution is -2.23. The molecule has 0 heterocycles. The molecule has 100 valence electrons. The Kier molecular flexibility index (Phi) is 4.76. The highest BCUT2D eigenvalue weighted by Crippen LogP contribution is 2.25. The van der Waals surface area contributed by atoms with Gasteiger partial charge in [0.05, 0.1) is 5.92 Å². The molecule has 0 aromatic heterocycles. The van der Waals surface area contributed by atoms with Crippen LogP contribution < -0.4 is 10.5 Å². The lowest BCUT2D eigenvalue weighted by molar-refractivity contribution is -0.119. The molecule has 0 fully saturated rings. The van der Waals surface area contributed by atoms with E-state index in [1.54, 1.807) is 0 Å². The van der Waals surface area contributed by atoms with Crippen LogP contribution in [0.2, 0.25) is 0 Å². The number of nitrogens with two attached hydrogens (primary N) is 1. The van der Waals surface area contributed by atoms with E-state index in [1.807, 2.05) is 52.0 Å². The molecule has 3 heteroatoms. The van der Waals surface area contributed by atoms with Gasteiger partial charge in [0.25, 0.3) is 0 Å². The molecule has 18 heavy (non-hydrogen) atoms. The fourth-order valence-electron chi connectivity index (χ4n) is 1.88. The van der Waals surface area contributed by atoms with Crippen molar-refractivity contribution < 1.29 is 9.53 Å². The summed E-state index contributed by atoms with van der Waals surface area (Å²) in [5.41, 5.74) is 6.17. The van der Waals surface area contributed by atoms with E-state index in [1.165, 1.54) is 0 Å². The Balaban J connectivity index is 2.83. The first-order valence-electron chi connectivity index (χ1n) is 6.42. The van der Waals surface area contributed by atoms with Crippen molar-refractivity contribution in [3.63, 3.8) is 0 Å². The maximum absolute atomic E-state index is 11.4. The van der Waals surface area contributed by atoms with Crippen LogP contribution in [0.5, 0.6) is 5.75 Å². The SMILES string of the molecule is CCCC(C(N)=O)c1ccc(OC(C)(C)C)cc1. The van der Waals surface area contributed by atoms with Gasteiger partial charge in [-0.2, -0.15) is 0 Å². The molecule has 1 atom stereocenters. The Bertz CT molecular complexity index is 390. The molecule has 0 spiro atoms. The van der Waals surface area contributed by atoms with Crippen molar-refractivity contribution in [2.75, 3.05) is 0 Å². The Morgan fingerprint density at radius 3 is 2.22 bits per heavy atom. The molecule has 0 saturated heterocycles. The standard InChI is InChI=1S/C15H23NO2/c1-5-6-13(14(16)17)11-7-9-12(10-8-11)18-15(2,3)4/h7-10,13H,5-6H2,1-4H3,(H2,16,17). The van der Waals surface area contributed by atoms with E-state index >= 15 is 0 Å². The highest BCUT2D eigenvalue weighted by molar-refractivity contribution is 5.81. The molecule has 0 aliphatic carbocycles. The first-order valence-corrected chi connectivity index (χ1v) is 6.42. The normalized spacial score (nSPS) is 13.1. The van der Waals surface area contributed by atoms with E-state index in [0.717, 1.165) is 24.2 Å². The van der Waals surface area contributed by atoms with Gasteiger partial charge >= 0.3 is 0 Å². The van der Waals surface area contributed by atoms with Crippen LogP contribution in [-0.2, 0) is 4.79 Å². The highest BCUT2D eigenvalue weighted by Gasteiger charge is 2.17. The number of hydrogen-bond donors (Lipinski definition) is 1. The lowest BCUT2D eigenvalue weighted by atomic mass is 9.94. The van der Waals surface area contributed by atoms with Crippen molar-refractivity contribution in [2.24, 2.45) is 5.73 Å². The fraction of sp³-hybridized carbons (Fsp3) is 0.533. The largest absolute Gasteiger partial charge is 0.488 e. The van der Waals surface area contributed by atoms with Crippen molar-refractivity contribution in [3.05, 3.63) is 29.8 Å². The molecular weight excluding hydrogens is 226 g/mol. The first-order chi connectivity index (χ1) is 8.33. The Labute approximate surface area is 109 Å². The molecule has 1 rings (SSSR count). The van der Waals surface area contributed by atoms with Crippen LogP contribution in [-0.4, -0.2) is 11.5 Å². The minimum absolute atomic E-state index is 0.196. The van der Waals surface area contributed by atoms with Crippen LogP contribution in [0.1, 0.15) is 52.0 Å². The maximum atomic E-state index is 11.4. The van der Waals surface area contributed by atoms with Gasteiger partial charge in [-0.05, 0) is 44.9 Å². The van der Waals surface area contributed by atoms with E-state index in [2.05, 4.69) is 0 Å². The maximum Gasteiger partial charge on any atom is 0.224 e. The average Bonchev–Trinajstić information content (AvgIpc) is 2.25. The van der Waals surface area contributed by atoms with Gasteiger partial charge < -0.3 is 10.5 Å². The summed E-state index contributed by atoms with van der Waals surface area (Å²) in [7, 11) is 0. The second-order valence-electron chi connectivity index (χ2n) is 5.53. The molecular formula is C15H23NO2. The number of ether oxygens (including phenoxy) is 1. The summed E-state index contributed by atoms with van der Waals surface area (Å²) in [6.07, 6.45) is 1.72. The van der Waals surface area contributed by atoms with Crippen molar-refractivity contribution >= 4 is 5.91 Å². The van der Waals surface area contributed by atoms with Crippen LogP contribution in [0.15, 0.2) is 24.3 Å². The fourth-order valence-corrected chi connectivity index (χ4v) is 1.88. The first kappa shape index (κ1) is 14.6. The number of primary amides is 1. The molecule has 3 nitrogen and oxygen atoms in total. The predicted octanol–water partition coefficient (Wildman–Crippen LogP) is 3.23. The molecule has 1 amide bonds. The third kappa shape index (κ3) is 4.40. The lowest BCUT2D eigenvalue weighted by Gasteiger charge is -2.21. The highest BCUT2D eigenvalue weighted by atomic mass is 16.5. The quantitative estimate of drug-likeness (QED) is 0.871. The summed E-state index contributed by atoms with van der Waals surface area (Å²) in [5.74, 6) is 0.353. The van der Waals surface area contributed by atoms with Gasteiger partial charge in [0, 0.05) is 0 Å². The predicted molar refractivity (Wildman–Crippen MR) is 73.7 cm³/mol. The van der Waals surface area contributed by atoms with E-state index < -0.39 is 0 Å². The molecule has 0 aliphatic rings. The van der Waals surface area contributed by atoms with E-state index in [4.69, 9.17) is 10.5 Å². The Hall–Kier alpha value is -1.51. The second-order valence-corrected chi connectivity index (χ2v) is 5.53. The van der Waals surface area contributed by atoms with Crippen molar-refractivity contribution in [1.82, 2.24) is 0 Å². The van der Waals surface area contributed by atoms with Crippen LogP contribution >= 0.6 is 0 Å². The molecule has 0 bridgehead atoms. The monoisotopic (exact) mass is 249 g/mol. The summed E-state index contributed by atoms with van der Waals surface area (Å²) in [6, 6.07) is 7.64.